The monoisotopic (exact) mass is 780 g/mol. The van der Waals surface area contributed by atoms with Crippen molar-refractivity contribution in [3.05, 3.63) is 71.8 Å². The molecule has 2 aromatic rings. The van der Waals surface area contributed by atoms with Crippen LogP contribution in [-0.2, 0) is 40.0 Å². The van der Waals surface area contributed by atoms with Crippen LogP contribution in [0.1, 0.15) is 83.1 Å². The number of nitrogens with one attached hydrogen (secondary N) is 6. The standard InChI is InChI=1S/C40H56N6O10/c1-7-25(6)34(46-38(53)33(24(4)5)45-35(50)27-16-12-9-13-17-27)39(54)43-28(21-31(47)41-19-18-26-14-10-8-11-15-26)36(51)42-29(22-32(48)49)37(52)44-30(40(55)56)20-23(2)3/h8-17,23-25,28-30,33-34H,7,18-22H2,1-6H3,(H,41,47)(H,42,51)(H,43,54)(H,44,52)(H,45,50)(H,46,53)(H,48,49)(H,55,56)/t25-,28-,29-,30-,33-,34-/m0/s1. The Kier molecular flexibility index (Phi) is 19.2. The van der Waals surface area contributed by atoms with Crippen LogP contribution in [0.2, 0.25) is 0 Å². The molecule has 0 heterocycles. The molecule has 16 nitrogen and oxygen atoms in total. The molecule has 0 aromatic heterocycles. The van der Waals surface area contributed by atoms with Gasteiger partial charge in [-0.3, -0.25) is 33.6 Å². The Balaban J connectivity index is 2.37. The molecule has 0 saturated heterocycles. The van der Waals surface area contributed by atoms with Crippen molar-refractivity contribution in [1.82, 2.24) is 31.9 Å². The van der Waals surface area contributed by atoms with E-state index in [4.69, 9.17) is 0 Å². The highest BCUT2D eigenvalue weighted by Crippen LogP contribution is 2.13. The smallest absolute Gasteiger partial charge is 0.326 e. The maximum atomic E-state index is 14.0. The molecule has 8 N–H and O–H groups in total. The summed E-state index contributed by atoms with van der Waals surface area (Å²) in [4.78, 5) is 104. The molecule has 0 aliphatic carbocycles. The quantitative estimate of drug-likeness (QED) is 0.0812. The third-order valence-electron chi connectivity index (χ3n) is 9.00. The maximum absolute atomic E-state index is 14.0. The van der Waals surface area contributed by atoms with E-state index in [0.29, 0.717) is 18.4 Å². The first-order valence-electron chi connectivity index (χ1n) is 18.8. The normalized spacial score (nSPS) is 14.2. The van der Waals surface area contributed by atoms with Crippen molar-refractivity contribution in [3.8, 4) is 0 Å². The number of amides is 6. The van der Waals surface area contributed by atoms with Crippen LogP contribution < -0.4 is 31.9 Å². The average Bonchev–Trinajstić information content (AvgIpc) is 3.14. The zero-order chi connectivity index (χ0) is 41.9. The fourth-order valence-electron chi connectivity index (χ4n) is 5.63. The Morgan fingerprint density at radius 2 is 1.12 bits per heavy atom. The first-order chi connectivity index (χ1) is 26.4. The Morgan fingerprint density at radius 1 is 0.607 bits per heavy atom. The van der Waals surface area contributed by atoms with Crippen LogP contribution >= 0.6 is 0 Å². The molecule has 2 rings (SSSR count). The predicted molar refractivity (Wildman–Crippen MR) is 207 cm³/mol. The van der Waals surface area contributed by atoms with Gasteiger partial charge in [0.2, 0.25) is 29.5 Å². The molecule has 56 heavy (non-hydrogen) atoms. The number of carboxylic acids is 2. The summed E-state index contributed by atoms with van der Waals surface area (Å²) in [6, 6.07) is 10.4. The van der Waals surface area contributed by atoms with Crippen molar-refractivity contribution in [1.29, 1.82) is 0 Å². The maximum Gasteiger partial charge on any atom is 0.326 e. The highest BCUT2D eigenvalue weighted by Gasteiger charge is 2.36. The topological polar surface area (TPSA) is 249 Å². The van der Waals surface area contributed by atoms with Crippen LogP contribution in [0.5, 0.6) is 0 Å². The number of carbonyl (C=O) groups excluding carboxylic acids is 6. The van der Waals surface area contributed by atoms with E-state index in [1.165, 1.54) is 0 Å². The minimum Gasteiger partial charge on any atom is -0.481 e. The molecule has 0 unspecified atom stereocenters. The van der Waals surface area contributed by atoms with Gasteiger partial charge in [0.25, 0.3) is 5.91 Å². The first kappa shape index (κ1) is 46.4. The lowest BCUT2D eigenvalue weighted by Gasteiger charge is -2.29. The van der Waals surface area contributed by atoms with Gasteiger partial charge in [0.15, 0.2) is 0 Å². The van der Waals surface area contributed by atoms with Gasteiger partial charge in [-0.25, -0.2) is 4.79 Å². The van der Waals surface area contributed by atoms with Crippen LogP contribution in [-0.4, -0.2) is 94.3 Å². The van der Waals surface area contributed by atoms with Gasteiger partial charge in [-0.15, -0.1) is 0 Å². The summed E-state index contributed by atoms with van der Waals surface area (Å²) in [7, 11) is 0. The number of carboxylic acid groups (broad SMARTS) is 2. The summed E-state index contributed by atoms with van der Waals surface area (Å²) in [6.07, 6.45) is -0.710. The minimum absolute atomic E-state index is 0.0208. The number of hydrogen-bond acceptors (Lipinski definition) is 8. The van der Waals surface area contributed by atoms with E-state index in [9.17, 15) is 48.6 Å². The molecular weight excluding hydrogens is 724 g/mol. The number of hydrogen-bond donors (Lipinski definition) is 8. The van der Waals surface area contributed by atoms with Gasteiger partial charge in [0.1, 0.15) is 30.2 Å². The number of aliphatic carboxylic acids is 2. The second kappa shape index (κ2) is 23.2. The van der Waals surface area contributed by atoms with Gasteiger partial charge in [0, 0.05) is 12.1 Å². The van der Waals surface area contributed by atoms with Gasteiger partial charge in [-0.05, 0) is 48.3 Å². The third-order valence-corrected chi connectivity index (χ3v) is 9.00. The summed E-state index contributed by atoms with van der Waals surface area (Å²) in [5, 5.41) is 34.3. The molecule has 16 heteroatoms. The lowest BCUT2D eigenvalue weighted by atomic mass is 9.95. The number of carbonyl (C=O) groups is 8. The molecular formula is C40H56N6O10. The molecule has 0 saturated carbocycles. The Labute approximate surface area is 327 Å². The lowest BCUT2D eigenvalue weighted by Crippen LogP contribution is -2.61. The molecule has 0 bridgehead atoms. The van der Waals surface area contributed by atoms with Crippen LogP contribution in [0.3, 0.4) is 0 Å². The van der Waals surface area contributed by atoms with Crippen molar-refractivity contribution >= 4 is 47.4 Å². The van der Waals surface area contributed by atoms with Crippen molar-refractivity contribution in [2.45, 2.75) is 104 Å². The number of rotatable bonds is 23. The Morgan fingerprint density at radius 3 is 1.64 bits per heavy atom. The Hall–Kier alpha value is -5.80. The van der Waals surface area contributed by atoms with E-state index in [1.54, 1.807) is 71.9 Å². The van der Waals surface area contributed by atoms with Gasteiger partial charge < -0.3 is 42.1 Å². The molecule has 0 aliphatic heterocycles. The van der Waals surface area contributed by atoms with Gasteiger partial charge in [0.05, 0.1) is 12.8 Å². The Bertz CT molecular complexity index is 1650. The van der Waals surface area contributed by atoms with Gasteiger partial charge in [-0.1, -0.05) is 96.5 Å². The fraction of sp³-hybridized carbons (Fsp3) is 0.500. The van der Waals surface area contributed by atoms with Crippen LogP contribution in [0.25, 0.3) is 0 Å². The summed E-state index contributed by atoms with van der Waals surface area (Å²) in [5.74, 6) is -8.79. The molecule has 0 radical (unpaired) electrons. The molecule has 6 atom stereocenters. The van der Waals surface area contributed by atoms with Gasteiger partial charge >= 0.3 is 11.9 Å². The SMILES string of the molecule is CC[C@H](C)[C@H](NC(=O)[C@@H](NC(=O)c1ccccc1)C(C)C)C(=O)N[C@@H](CC(=O)NCCc1ccccc1)C(=O)N[C@@H](CC(=O)O)C(=O)N[C@@H](CC(C)C)C(=O)O. The predicted octanol–water partition coefficient (Wildman–Crippen LogP) is 1.78. The van der Waals surface area contributed by atoms with Crippen molar-refractivity contribution in [2.75, 3.05) is 6.54 Å². The molecule has 2 aromatic carbocycles. The third kappa shape index (κ3) is 15.9. The second-order valence-electron chi connectivity index (χ2n) is 14.5. The minimum atomic E-state index is -1.78. The fourth-order valence-corrected chi connectivity index (χ4v) is 5.63. The van der Waals surface area contributed by atoms with E-state index in [-0.39, 0.29) is 18.9 Å². The van der Waals surface area contributed by atoms with Crippen LogP contribution in [0.4, 0.5) is 0 Å². The molecule has 0 spiro atoms. The molecule has 6 amide bonds. The highest BCUT2D eigenvalue weighted by molar-refractivity contribution is 6.00. The molecule has 0 aliphatic rings. The van der Waals surface area contributed by atoms with E-state index in [0.717, 1.165) is 5.56 Å². The van der Waals surface area contributed by atoms with E-state index >= 15 is 0 Å². The lowest BCUT2D eigenvalue weighted by molar-refractivity contribution is -0.144. The van der Waals surface area contributed by atoms with E-state index in [2.05, 4.69) is 31.9 Å². The second-order valence-corrected chi connectivity index (χ2v) is 14.5. The first-order valence-corrected chi connectivity index (χ1v) is 18.8. The summed E-state index contributed by atoms with van der Waals surface area (Å²) < 4.78 is 0. The number of benzene rings is 2. The van der Waals surface area contributed by atoms with Gasteiger partial charge in [-0.2, -0.15) is 0 Å². The van der Waals surface area contributed by atoms with Crippen molar-refractivity contribution in [2.24, 2.45) is 17.8 Å². The largest absolute Gasteiger partial charge is 0.481 e. The van der Waals surface area contributed by atoms with E-state index in [1.807, 2.05) is 30.3 Å². The average molecular weight is 781 g/mol. The van der Waals surface area contributed by atoms with Crippen molar-refractivity contribution in [3.63, 3.8) is 0 Å². The van der Waals surface area contributed by atoms with E-state index < -0.39 is 102 Å². The zero-order valence-electron chi connectivity index (χ0n) is 32.8. The van der Waals surface area contributed by atoms with Crippen LogP contribution in [0.15, 0.2) is 60.7 Å². The van der Waals surface area contributed by atoms with Crippen molar-refractivity contribution < 1.29 is 48.6 Å². The summed E-state index contributed by atoms with van der Waals surface area (Å²) in [6.45, 7) is 10.5. The summed E-state index contributed by atoms with van der Waals surface area (Å²) >= 11 is 0. The van der Waals surface area contributed by atoms with Crippen LogP contribution in [0, 0.1) is 17.8 Å². The summed E-state index contributed by atoms with van der Waals surface area (Å²) in [5.41, 5.74) is 1.26. The zero-order valence-corrected chi connectivity index (χ0v) is 32.8. The molecule has 0 fully saturated rings. The molecule has 306 valence electrons. The highest BCUT2D eigenvalue weighted by atomic mass is 16.4.